The molecule has 0 fully saturated rings. The summed E-state index contributed by atoms with van der Waals surface area (Å²) in [7, 11) is 0. The highest BCUT2D eigenvalue weighted by Crippen LogP contribution is 2.32. The molecule has 1 aliphatic rings. The molecule has 0 radical (unpaired) electrons. The molecule has 1 atom stereocenters. The fourth-order valence-electron chi connectivity index (χ4n) is 3.58. The van der Waals surface area contributed by atoms with Crippen molar-refractivity contribution in [2.24, 2.45) is 5.92 Å². The molecular weight excluding hydrogens is 328 g/mol. The molecule has 4 heteroatoms. The number of amides is 1. The number of benzene rings is 1. The number of fused-ring (bicyclic) bond motifs is 2. The van der Waals surface area contributed by atoms with Gasteiger partial charge in [0, 0.05) is 23.0 Å². The van der Waals surface area contributed by atoms with Crippen molar-refractivity contribution in [3.05, 3.63) is 63.5 Å². The van der Waals surface area contributed by atoms with E-state index in [9.17, 15) is 4.79 Å². The van der Waals surface area contributed by atoms with Gasteiger partial charge >= 0.3 is 0 Å². The third kappa shape index (κ3) is 3.45. The summed E-state index contributed by atoms with van der Waals surface area (Å²) in [6, 6.07) is 12.3. The lowest BCUT2D eigenvalue weighted by molar-refractivity contribution is 0.0958. The monoisotopic (exact) mass is 350 g/mol. The topological polar surface area (TPSA) is 42.0 Å². The summed E-state index contributed by atoms with van der Waals surface area (Å²) in [4.78, 5) is 19.2. The van der Waals surface area contributed by atoms with E-state index < -0.39 is 0 Å². The van der Waals surface area contributed by atoms with Crippen LogP contribution in [-0.2, 0) is 19.3 Å². The van der Waals surface area contributed by atoms with E-state index >= 15 is 0 Å². The van der Waals surface area contributed by atoms with Gasteiger partial charge in [-0.3, -0.25) is 9.78 Å². The van der Waals surface area contributed by atoms with Crippen molar-refractivity contribution in [1.82, 2.24) is 10.3 Å². The number of carbonyl (C=O) groups excluding carboxylic acids is 1. The number of rotatable bonds is 4. The van der Waals surface area contributed by atoms with Crippen LogP contribution < -0.4 is 5.32 Å². The van der Waals surface area contributed by atoms with Gasteiger partial charge in [-0.05, 0) is 54.9 Å². The Hall–Kier alpha value is -2.20. The second-order valence-electron chi connectivity index (χ2n) is 6.91. The molecule has 25 heavy (non-hydrogen) atoms. The maximum Gasteiger partial charge on any atom is 0.261 e. The lowest BCUT2D eigenvalue weighted by Gasteiger charge is -2.16. The molecule has 2 aromatic heterocycles. The normalized spacial score (nSPS) is 16.6. The Bertz CT molecular complexity index is 910. The second-order valence-corrected chi connectivity index (χ2v) is 8.04. The quantitative estimate of drug-likeness (QED) is 0.758. The van der Waals surface area contributed by atoms with Crippen LogP contribution in [0.15, 0.2) is 42.6 Å². The van der Waals surface area contributed by atoms with Gasteiger partial charge in [-0.2, -0.15) is 0 Å². The van der Waals surface area contributed by atoms with Crippen LogP contribution in [0.3, 0.4) is 0 Å². The summed E-state index contributed by atoms with van der Waals surface area (Å²) in [6.07, 6.45) is 6.09. The molecule has 0 saturated carbocycles. The molecular formula is C21H22N2OS. The number of nitrogens with zero attached hydrogens (tertiary/aromatic N) is 1. The fourth-order valence-corrected chi connectivity index (χ4v) is 4.71. The highest BCUT2D eigenvalue weighted by molar-refractivity contribution is 7.14. The Morgan fingerprint density at radius 2 is 2.20 bits per heavy atom. The van der Waals surface area contributed by atoms with E-state index in [1.54, 1.807) is 11.3 Å². The van der Waals surface area contributed by atoms with Gasteiger partial charge in [0.2, 0.25) is 0 Å². The average Bonchev–Trinajstić information content (AvgIpc) is 3.05. The summed E-state index contributed by atoms with van der Waals surface area (Å²) in [5.41, 5.74) is 3.59. The SMILES string of the molecule is C[C@H]1CCc2sc(C(=O)NCCc3cccc4cccnc34)cc2C1. The van der Waals surface area contributed by atoms with E-state index in [1.807, 2.05) is 12.3 Å². The summed E-state index contributed by atoms with van der Waals surface area (Å²) in [5, 5.41) is 4.22. The minimum atomic E-state index is 0.0558. The Morgan fingerprint density at radius 1 is 1.32 bits per heavy atom. The van der Waals surface area contributed by atoms with Gasteiger partial charge in [-0.15, -0.1) is 11.3 Å². The van der Waals surface area contributed by atoms with Crippen molar-refractivity contribution >= 4 is 28.1 Å². The molecule has 3 nitrogen and oxygen atoms in total. The van der Waals surface area contributed by atoms with Gasteiger partial charge in [-0.1, -0.05) is 31.2 Å². The Morgan fingerprint density at radius 3 is 3.12 bits per heavy atom. The zero-order valence-electron chi connectivity index (χ0n) is 14.4. The van der Waals surface area contributed by atoms with E-state index in [2.05, 4.69) is 47.6 Å². The summed E-state index contributed by atoms with van der Waals surface area (Å²) >= 11 is 1.67. The number of hydrogen-bond acceptors (Lipinski definition) is 3. The van der Waals surface area contributed by atoms with Gasteiger partial charge in [0.25, 0.3) is 5.91 Å². The van der Waals surface area contributed by atoms with Gasteiger partial charge in [0.05, 0.1) is 10.4 Å². The van der Waals surface area contributed by atoms with Crippen molar-refractivity contribution in [3.63, 3.8) is 0 Å². The van der Waals surface area contributed by atoms with Gasteiger partial charge in [0.1, 0.15) is 0 Å². The maximum atomic E-state index is 12.5. The van der Waals surface area contributed by atoms with Crippen LogP contribution in [0.4, 0.5) is 0 Å². The Balaban J connectivity index is 1.41. The van der Waals surface area contributed by atoms with Crippen LogP contribution in [0.5, 0.6) is 0 Å². The Labute approximate surface area is 152 Å². The maximum absolute atomic E-state index is 12.5. The van der Waals surface area contributed by atoms with Crippen LogP contribution in [0.25, 0.3) is 10.9 Å². The first-order valence-electron chi connectivity index (χ1n) is 8.93. The summed E-state index contributed by atoms with van der Waals surface area (Å²) < 4.78 is 0. The molecule has 128 valence electrons. The van der Waals surface area contributed by atoms with Crippen molar-refractivity contribution in [2.75, 3.05) is 6.54 Å². The second kappa shape index (κ2) is 6.96. The number of nitrogens with one attached hydrogen (secondary N) is 1. The van der Waals surface area contributed by atoms with E-state index in [0.717, 1.165) is 41.0 Å². The number of thiophene rings is 1. The van der Waals surface area contributed by atoms with E-state index in [4.69, 9.17) is 0 Å². The molecule has 4 rings (SSSR count). The molecule has 1 aromatic carbocycles. The van der Waals surface area contributed by atoms with Crippen molar-refractivity contribution in [2.45, 2.75) is 32.6 Å². The minimum absolute atomic E-state index is 0.0558. The van der Waals surface area contributed by atoms with Crippen LogP contribution in [-0.4, -0.2) is 17.4 Å². The first-order chi connectivity index (χ1) is 12.2. The minimum Gasteiger partial charge on any atom is -0.351 e. The molecule has 0 bridgehead atoms. The van der Waals surface area contributed by atoms with Crippen molar-refractivity contribution in [3.8, 4) is 0 Å². The molecule has 0 spiro atoms. The highest BCUT2D eigenvalue weighted by atomic mass is 32.1. The number of aryl methyl sites for hydroxylation is 1. The van der Waals surface area contributed by atoms with Crippen LogP contribution in [0.2, 0.25) is 0 Å². The highest BCUT2D eigenvalue weighted by Gasteiger charge is 2.20. The summed E-state index contributed by atoms with van der Waals surface area (Å²) in [5.74, 6) is 0.789. The van der Waals surface area contributed by atoms with Gasteiger partial charge in [-0.25, -0.2) is 0 Å². The zero-order valence-corrected chi connectivity index (χ0v) is 15.2. The van der Waals surface area contributed by atoms with Crippen molar-refractivity contribution < 1.29 is 4.79 Å². The van der Waals surface area contributed by atoms with Gasteiger partial charge in [0.15, 0.2) is 0 Å². The predicted molar refractivity (Wildman–Crippen MR) is 103 cm³/mol. The number of aromatic nitrogens is 1. The molecule has 0 unspecified atom stereocenters. The first kappa shape index (κ1) is 16.3. The molecule has 0 aliphatic heterocycles. The standard InChI is InChI=1S/C21H22N2OS/c1-14-7-8-18-17(12-14)13-19(25-18)21(24)23-11-9-16-5-2-4-15-6-3-10-22-20(15)16/h2-6,10,13-14H,7-9,11-12H2,1H3,(H,23,24)/t14-/m0/s1. The Kier molecular flexibility index (Phi) is 4.53. The van der Waals surface area contributed by atoms with Crippen LogP contribution >= 0.6 is 11.3 Å². The lowest BCUT2D eigenvalue weighted by atomic mass is 9.90. The number of carbonyl (C=O) groups is 1. The van der Waals surface area contributed by atoms with E-state index in [1.165, 1.54) is 22.4 Å². The van der Waals surface area contributed by atoms with Crippen LogP contribution in [0, 0.1) is 5.92 Å². The molecule has 3 aromatic rings. The molecule has 0 saturated heterocycles. The van der Waals surface area contributed by atoms with E-state index in [-0.39, 0.29) is 5.91 Å². The number of pyridine rings is 1. The average molecular weight is 350 g/mol. The zero-order chi connectivity index (χ0) is 17.2. The molecule has 2 heterocycles. The third-order valence-electron chi connectivity index (χ3n) is 4.95. The fraction of sp³-hybridized carbons (Fsp3) is 0.333. The van der Waals surface area contributed by atoms with Crippen LogP contribution in [0.1, 0.15) is 39.0 Å². The summed E-state index contributed by atoms with van der Waals surface area (Å²) in [6.45, 7) is 2.92. The van der Waals surface area contributed by atoms with Crippen molar-refractivity contribution in [1.29, 1.82) is 0 Å². The smallest absolute Gasteiger partial charge is 0.261 e. The number of hydrogen-bond donors (Lipinski definition) is 1. The first-order valence-corrected chi connectivity index (χ1v) is 9.75. The predicted octanol–water partition coefficient (Wildman–Crippen LogP) is 4.39. The number of para-hydroxylation sites is 1. The lowest BCUT2D eigenvalue weighted by Crippen LogP contribution is -2.25. The van der Waals surface area contributed by atoms with Gasteiger partial charge < -0.3 is 5.32 Å². The molecule has 1 amide bonds. The molecule has 1 N–H and O–H groups in total. The van der Waals surface area contributed by atoms with E-state index in [0.29, 0.717) is 6.54 Å². The third-order valence-corrected chi connectivity index (χ3v) is 6.19. The largest absolute Gasteiger partial charge is 0.351 e. The molecule has 1 aliphatic carbocycles.